The van der Waals surface area contributed by atoms with Crippen LogP contribution in [0.2, 0.25) is 27.5 Å². The molecular weight excluding hydrogens is 1670 g/mol. The first-order valence-corrected chi connectivity index (χ1v) is 40.0. The number of ketones is 6. The molecule has 7 aliphatic rings. The minimum absolute atomic E-state index is 0.0453. The fraction of sp³-hybridized carbons (Fsp3) is 0.375. The highest BCUT2D eigenvalue weighted by molar-refractivity contribution is 6.48. The molecule has 7 aliphatic heterocycles. The number of urea groups is 3. The van der Waals surface area contributed by atoms with Crippen molar-refractivity contribution in [2.24, 2.45) is 5.73 Å². The van der Waals surface area contributed by atoms with Crippen molar-refractivity contribution < 1.29 is 136 Å². The number of amides is 12. The van der Waals surface area contributed by atoms with Crippen LogP contribution in [0.15, 0.2) is 91.1 Å². The lowest BCUT2D eigenvalue weighted by Gasteiger charge is -2.38. The Balaban J connectivity index is 0.000000181. The van der Waals surface area contributed by atoms with Gasteiger partial charge in [0.05, 0.1) is 58.2 Å². The molecule has 38 nitrogen and oxygen atoms in total. The molecule has 8 heterocycles. The maximum Gasteiger partial charge on any atom is 0.526 e. The Kier molecular flexibility index (Phi) is 29.2. The van der Waals surface area contributed by atoms with Crippen molar-refractivity contribution in [2.45, 2.75) is 133 Å². The van der Waals surface area contributed by atoms with Gasteiger partial charge in [0.1, 0.15) is 46.8 Å². The number of piperazine rings is 3. The zero-order valence-electron chi connectivity index (χ0n) is 67.0. The summed E-state index contributed by atoms with van der Waals surface area (Å²) >= 11 is 12.5. The van der Waals surface area contributed by atoms with Crippen LogP contribution in [0.3, 0.4) is 0 Å². The summed E-state index contributed by atoms with van der Waals surface area (Å²) < 4.78 is 31.7. The number of likely N-dealkylation sites (N-methyl/N-ethyl adjacent to an activating group) is 1. The van der Waals surface area contributed by atoms with Crippen molar-refractivity contribution in [3.63, 3.8) is 0 Å². The van der Waals surface area contributed by atoms with E-state index in [4.69, 9.17) is 42.9 Å². The minimum atomic E-state index is -1.81. The Hall–Kier alpha value is -12.6. The van der Waals surface area contributed by atoms with Gasteiger partial charge in [-0.05, 0) is 120 Å². The van der Waals surface area contributed by atoms with E-state index in [-0.39, 0.29) is 134 Å². The van der Waals surface area contributed by atoms with Gasteiger partial charge in [-0.15, -0.1) is 0 Å². The summed E-state index contributed by atoms with van der Waals surface area (Å²) in [7, 11) is -4.45. The van der Waals surface area contributed by atoms with Gasteiger partial charge in [-0.2, -0.15) is 0 Å². The maximum absolute atomic E-state index is 14.9. The number of nitrogens with one attached hydrogen (secondary N) is 3. The molecule has 0 bridgehead atoms. The smallest absolute Gasteiger partial charge is 0.526 e. The van der Waals surface area contributed by atoms with Crippen molar-refractivity contribution in [2.75, 3.05) is 59.0 Å². The molecule has 13 rings (SSSR count). The number of aliphatic hydroxyl groups is 1. The molecule has 124 heavy (non-hydrogen) atoms. The maximum atomic E-state index is 14.9. The number of hydrogen-bond donors (Lipinski definition) is 13. The number of Topliss-reactive ketones (excluding diaryl/α,β-unsaturated/α-hetero) is 6. The first kappa shape index (κ1) is 92.1. The van der Waals surface area contributed by atoms with Gasteiger partial charge in [0.25, 0.3) is 0 Å². The van der Waals surface area contributed by atoms with Crippen LogP contribution in [0.4, 0.5) is 18.8 Å². The second-order valence-corrected chi connectivity index (χ2v) is 31.1. The van der Waals surface area contributed by atoms with Crippen LogP contribution in [-0.4, -0.2) is 261 Å². The summed E-state index contributed by atoms with van der Waals surface area (Å²) in [5.74, 6) is -15.0. The Morgan fingerprint density at radius 3 is 1.43 bits per heavy atom. The number of nitrogens with two attached hydrogens (primary N) is 1. The minimum Gasteiger partial charge on any atom is -0.535 e. The van der Waals surface area contributed by atoms with E-state index in [0.717, 1.165) is 28.1 Å². The molecule has 6 aromatic rings. The molecule has 12 amide bonds. The molecule has 0 saturated carbocycles. The number of pyridine rings is 1. The second-order valence-electron chi connectivity index (χ2n) is 30.3. The van der Waals surface area contributed by atoms with Crippen LogP contribution < -0.4 is 35.6 Å². The largest absolute Gasteiger partial charge is 0.535 e. The monoisotopic (exact) mass is 1750 g/mol. The lowest BCUT2D eigenvalue weighted by molar-refractivity contribution is -0.156. The molecule has 0 spiro atoms. The van der Waals surface area contributed by atoms with Crippen LogP contribution in [0.25, 0.3) is 0 Å². The van der Waals surface area contributed by atoms with Crippen molar-refractivity contribution in [3.05, 3.63) is 157 Å². The lowest BCUT2D eigenvalue weighted by atomic mass is 9.64. The van der Waals surface area contributed by atoms with E-state index in [1.54, 1.807) is 55.5 Å². The Morgan fingerprint density at radius 2 is 0.992 bits per heavy atom. The summed E-state index contributed by atoms with van der Waals surface area (Å²) in [6.07, 6.45) is 1.94. The SMILES string of the molecule is CC(=O)c1cccc2c1OB(O)[C@@H](CC(=O)C(NC(=O)N1C[C@H]3CCCN3C(=O)C1=O)c1ccc(O)c(O)c1Cl)C2.CC(=O)c1cccc2c1OB(O)[C@@H](CC(=O)[C@H](NC(=O)N1CCN(CCCN)C(=O)C1=O)c1ccc(O)c(O)c1Cl)C2.CCN1C[C@H](CO)N(C(=O)NC(C(=O)C[C@H]2Cc3cccc(C(C)=O)c3OB2O)c2ncc(O)cc2F)C(=O)C1=O. The van der Waals surface area contributed by atoms with E-state index in [1.807, 2.05) is 0 Å². The van der Waals surface area contributed by atoms with Gasteiger partial charge < -0.3 is 96.1 Å². The van der Waals surface area contributed by atoms with Gasteiger partial charge in [0.2, 0.25) is 0 Å². The van der Waals surface area contributed by atoms with E-state index >= 15 is 0 Å². The standard InChI is InChI=1S/C27H30BClN4O9.C27H27BClN3O9.C26H28BFN4O9/c1-14(34)17-5-2-4-15-12-16(28(41)42-24(15)17)13-20(36)22(18-6-7-19(35)23(37)21(18)29)31-27(40)33-11-10-32(9-3-8-30)25(38)26(33)39;1-13(33)17-6-2-4-14-10-15(28(40)41-24(14)17)11-20(35)22(18-7-8-19(34)23(36)21(18)29)30-27(39)32-12-16-5-3-9-31(16)25(37)26(32)38;1-3-31-11-16(12-33)32(25(38)24(31)37)26(39)30-22(21-19(28)9-17(35)10-29-21)20(36)8-15-7-14-5-4-6-18(13(2)34)23(14)41-27(15)40/h2,4-7,16,22,35,37,41H,3,8-13,30H2,1H3,(H,31,40);2,4,6-8,15-16,22,34,36,40H,3,5,9-12H2,1H3,(H,30,39);4-6,9-10,15-16,22,33,35,40H,3,7-8,11-12H2,1-2H3,(H,30,39)/t16-,22-;2*15-,16-,22?/m111/s1. The second kappa shape index (κ2) is 39.3. The third-order valence-corrected chi connectivity index (χ3v) is 22.9. The number of halogens is 3. The van der Waals surface area contributed by atoms with E-state index in [0.29, 0.717) is 70.5 Å². The van der Waals surface area contributed by atoms with Crippen LogP contribution in [0.1, 0.15) is 149 Å². The van der Waals surface area contributed by atoms with Crippen LogP contribution >= 0.6 is 23.2 Å². The molecule has 44 heteroatoms. The Bertz CT molecular complexity index is 5330. The number of aromatic hydroxyl groups is 5. The molecule has 8 atom stereocenters. The average Bonchev–Trinajstić information content (AvgIpc) is 1.12. The molecule has 4 saturated heterocycles. The first-order chi connectivity index (χ1) is 58.9. The molecular formula is C80H85B3Cl2FN11O27. The van der Waals surface area contributed by atoms with E-state index in [2.05, 4.69) is 20.9 Å². The predicted octanol–water partition coefficient (Wildman–Crippen LogP) is 3.53. The zero-order valence-corrected chi connectivity index (χ0v) is 68.5. The van der Waals surface area contributed by atoms with Crippen molar-refractivity contribution in [1.29, 1.82) is 0 Å². The highest BCUT2D eigenvalue weighted by atomic mass is 35.5. The highest BCUT2D eigenvalue weighted by Gasteiger charge is 2.49. The molecule has 652 valence electrons. The summed E-state index contributed by atoms with van der Waals surface area (Å²) in [6.45, 7) is 5.91. The quantitative estimate of drug-likeness (QED) is 0.0189. The van der Waals surface area contributed by atoms with Gasteiger partial charge in [0.15, 0.2) is 63.5 Å². The Morgan fingerprint density at radius 1 is 0.556 bits per heavy atom. The van der Waals surface area contributed by atoms with E-state index in [1.165, 1.54) is 48.8 Å². The van der Waals surface area contributed by atoms with Crippen LogP contribution in [-0.2, 0) is 62.4 Å². The molecule has 0 aliphatic carbocycles. The number of fused-ring (bicyclic) bond motifs is 4. The normalized spacial score (nSPS) is 19.2. The fourth-order valence-corrected chi connectivity index (χ4v) is 16.1. The molecule has 1 aromatic heterocycles. The van der Waals surface area contributed by atoms with E-state index in [9.17, 15) is 122 Å². The molecule has 2 unspecified atom stereocenters. The molecule has 5 aromatic carbocycles. The number of hydrogen-bond acceptors (Lipinski definition) is 29. The number of rotatable bonds is 23. The number of para-hydroxylation sites is 3. The van der Waals surface area contributed by atoms with Gasteiger partial charge in [-0.1, -0.05) is 71.7 Å². The number of imide groups is 3. The Labute approximate surface area is 716 Å². The number of phenolic OH excluding ortho intramolecular Hbond substituents is 4. The number of carbonyl (C=O) groups excluding carboxylic acids is 15. The number of aromatic nitrogens is 1. The predicted molar refractivity (Wildman–Crippen MR) is 434 cm³/mol. The number of aliphatic hydroxyl groups excluding tert-OH is 1. The molecule has 4 fully saturated rings. The van der Waals surface area contributed by atoms with Crippen molar-refractivity contribution in [1.82, 2.24) is 50.3 Å². The van der Waals surface area contributed by atoms with Crippen LogP contribution in [0.5, 0.6) is 46.0 Å². The van der Waals surface area contributed by atoms with E-state index < -0.39 is 197 Å². The highest BCUT2D eigenvalue weighted by Crippen LogP contribution is 2.45. The summed E-state index contributed by atoms with van der Waals surface area (Å²) in [5, 5.41) is 98.0. The number of carbonyl (C=O) groups is 15. The number of phenols is 4. The van der Waals surface area contributed by atoms with Crippen LogP contribution in [0, 0.1) is 5.82 Å². The van der Waals surface area contributed by atoms with Gasteiger partial charge in [0, 0.05) is 93.2 Å². The van der Waals surface area contributed by atoms with Crippen molar-refractivity contribution >= 4 is 133 Å². The molecule has 14 N–H and O–H groups in total. The molecule has 0 radical (unpaired) electrons. The zero-order chi connectivity index (χ0) is 90.3. The first-order valence-electron chi connectivity index (χ1n) is 39.2. The number of nitrogens with zero attached hydrogens (tertiary/aromatic N) is 7. The summed E-state index contributed by atoms with van der Waals surface area (Å²) in [5.41, 5.74) is 7.35. The third-order valence-electron chi connectivity index (χ3n) is 22.1. The van der Waals surface area contributed by atoms with Gasteiger partial charge in [-0.3, -0.25) is 72.3 Å². The summed E-state index contributed by atoms with van der Waals surface area (Å²) in [4.78, 5) is 202. The fourth-order valence-electron chi connectivity index (χ4n) is 15.6. The van der Waals surface area contributed by atoms with Crippen molar-refractivity contribution in [3.8, 4) is 46.0 Å². The third kappa shape index (κ3) is 19.7. The van der Waals surface area contributed by atoms with Gasteiger partial charge >= 0.3 is 74.9 Å². The topological polar surface area (TPSA) is 560 Å². The number of benzene rings is 5. The van der Waals surface area contributed by atoms with Gasteiger partial charge in [-0.25, -0.2) is 23.7 Å². The lowest BCUT2D eigenvalue weighted by Crippen LogP contribution is -2.64. The summed E-state index contributed by atoms with van der Waals surface area (Å²) in [6, 6.07) is 10.4. The average molecular weight is 1750 g/mol.